The smallest absolute Gasteiger partial charge is 0.356 e. The number of fused-ring (bicyclic) bond motifs is 1. The number of benzene rings is 1. The highest BCUT2D eigenvalue weighted by Crippen LogP contribution is 2.56. The molecule has 158 valence electrons. The van der Waals surface area contributed by atoms with Crippen molar-refractivity contribution in [3.8, 4) is 0 Å². The molecular formula is C19H21ClN5O4P. The standard InChI is InChI=1S/C19H21ClN5O4P/c1-2-21-18-17-19(23-11-22-18)25(12-24-17)7-9-27-13-30(26)28-8-6-16(29-30)14-4-3-5-15(20)10-14/h2-5,10-12,16H,6-9,13H2,1H3/b21-2-/t16-,30+/m0/s1/i9T/t9?,16-,30+. The molecule has 1 saturated heterocycles. The van der Waals surface area contributed by atoms with Gasteiger partial charge in [-0.1, -0.05) is 23.7 Å². The van der Waals surface area contributed by atoms with Gasteiger partial charge in [-0.25, -0.2) is 19.9 Å². The number of halogens is 1. The van der Waals surface area contributed by atoms with Crippen LogP contribution in [0.4, 0.5) is 5.82 Å². The van der Waals surface area contributed by atoms with Crippen LogP contribution in [0.3, 0.4) is 0 Å². The van der Waals surface area contributed by atoms with Gasteiger partial charge in [-0.15, -0.1) is 0 Å². The van der Waals surface area contributed by atoms with Gasteiger partial charge < -0.3 is 13.8 Å². The molecule has 30 heavy (non-hydrogen) atoms. The van der Waals surface area contributed by atoms with Crippen LogP contribution in [0.15, 0.2) is 41.9 Å². The molecule has 1 aliphatic heterocycles. The summed E-state index contributed by atoms with van der Waals surface area (Å²) in [6, 6.07) is 7.22. The number of rotatable bonds is 7. The number of hydrogen-bond donors (Lipinski definition) is 0. The fourth-order valence-corrected chi connectivity index (χ4v) is 4.75. The summed E-state index contributed by atoms with van der Waals surface area (Å²) in [5.74, 6) is 0.453. The Bertz CT molecular complexity index is 1140. The zero-order valence-electron chi connectivity index (χ0n) is 17.2. The maximum absolute atomic E-state index is 13.0. The third-order valence-corrected chi connectivity index (χ3v) is 6.28. The van der Waals surface area contributed by atoms with Gasteiger partial charge in [-0.2, -0.15) is 0 Å². The van der Waals surface area contributed by atoms with Crippen LogP contribution in [0, 0.1) is 0 Å². The normalized spacial score (nSPS) is 23.7. The zero-order chi connectivity index (χ0) is 21.8. The summed E-state index contributed by atoms with van der Waals surface area (Å²) in [7, 11) is -3.51. The van der Waals surface area contributed by atoms with E-state index in [2.05, 4.69) is 19.9 Å². The molecule has 0 radical (unpaired) electrons. The summed E-state index contributed by atoms with van der Waals surface area (Å²) in [5, 5.41) is 0.578. The first-order valence-corrected chi connectivity index (χ1v) is 11.4. The fourth-order valence-electron chi connectivity index (χ4n) is 3.07. The van der Waals surface area contributed by atoms with E-state index in [9.17, 15) is 4.57 Å². The van der Waals surface area contributed by atoms with Crippen molar-refractivity contribution in [1.29, 1.82) is 0 Å². The minimum Gasteiger partial charge on any atom is -0.367 e. The first kappa shape index (κ1) is 19.8. The number of hydrogen-bond acceptors (Lipinski definition) is 8. The molecule has 4 rings (SSSR count). The van der Waals surface area contributed by atoms with E-state index in [-0.39, 0.29) is 19.5 Å². The molecule has 3 atom stereocenters. The van der Waals surface area contributed by atoms with E-state index in [1.54, 1.807) is 36.2 Å². The molecule has 0 saturated carbocycles. The van der Waals surface area contributed by atoms with Crippen LogP contribution in [0.1, 0.15) is 26.4 Å². The topological polar surface area (TPSA) is 101 Å². The van der Waals surface area contributed by atoms with E-state index in [1.807, 2.05) is 12.1 Å². The summed E-state index contributed by atoms with van der Waals surface area (Å²) in [5.41, 5.74) is 1.90. The predicted octanol–water partition coefficient (Wildman–Crippen LogP) is 4.55. The largest absolute Gasteiger partial charge is 0.367 e. The summed E-state index contributed by atoms with van der Waals surface area (Å²) in [6.45, 7) is 1.15. The Balaban J connectivity index is 1.39. The van der Waals surface area contributed by atoms with Gasteiger partial charge in [0.25, 0.3) is 0 Å². The average Bonchev–Trinajstić information content (AvgIpc) is 3.16. The highest BCUT2D eigenvalue weighted by molar-refractivity contribution is 7.53. The summed E-state index contributed by atoms with van der Waals surface area (Å²) < 4.78 is 39.5. The van der Waals surface area contributed by atoms with Crippen molar-refractivity contribution in [2.75, 3.05) is 19.5 Å². The number of ether oxygens (including phenoxy) is 1. The van der Waals surface area contributed by atoms with Crippen molar-refractivity contribution in [2.45, 2.75) is 26.0 Å². The Labute approximate surface area is 180 Å². The van der Waals surface area contributed by atoms with Crippen LogP contribution in [0.25, 0.3) is 11.2 Å². The van der Waals surface area contributed by atoms with Crippen LogP contribution in [-0.4, -0.2) is 45.3 Å². The molecule has 9 nitrogen and oxygen atoms in total. The van der Waals surface area contributed by atoms with Crippen LogP contribution in [0.5, 0.6) is 0 Å². The SMILES string of the molecule is [3H]C(Cn1cnc2c(/N=C\C)ncnc21)OC[P@@]1(=O)OCC[C@@H](c2cccc(Cl)c2)O1. The van der Waals surface area contributed by atoms with E-state index < -0.39 is 20.3 Å². The van der Waals surface area contributed by atoms with Gasteiger partial charge in [0.1, 0.15) is 12.7 Å². The molecule has 0 N–H and O–H groups in total. The summed E-state index contributed by atoms with van der Waals surface area (Å²) >= 11 is 6.04. The van der Waals surface area contributed by atoms with E-state index in [0.717, 1.165) is 5.56 Å². The van der Waals surface area contributed by atoms with E-state index in [4.69, 9.17) is 26.8 Å². The molecule has 0 aliphatic carbocycles. The Morgan fingerprint density at radius 1 is 1.47 bits per heavy atom. The van der Waals surface area contributed by atoms with Crippen molar-refractivity contribution in [3.05, 3.63) is 47.5 Å². The van der Waals surface area contributed by atoms with Crippen molar-refractivity contribution >= 4 is 42.4 Å². The van der Waals surface area contributed by atoms with E-state index >= 15 is 0 Å². The van der Waals surface area contributed by atoms with Crippen LogP contribution in [0.2, 0.25) is 5.02 Å². The second kappa shape index (κ2) is 9.32. The first-order valence-electron chi connectivity index (χ1n) is 9.91. The number of imidazole rings is 1. The van der Waals surface area contributed by atoms with Gasteiger partial charge in [0.2, 0.25) is 0 Å². The molecule has 0 bridgehead atoms. The second-order valence-electron chi connectivity index (χ2n) is 6.50. The number of nitrogens with zero attached hydrogens (tertiary/aromatic N) is 5. The molecular weight excluding hydrogens is 429 g/mol. The lowest BCUT2D eigenvalue weighted by atomic mass is 10.1. The zero-order valence-corrected chi connectivity index (χ0v) is 17.9. The van der Waals surface area contributed by atoms with Crippen LogP contribution in [-0.2, 0) is 24.9 Å². The van der Waals surface area contributed by atoms with Gasteiger partial charge >= 0.3 is 7.60 Å². The summed E-state index contributed by atoms with van der Waals surface area (Å²) in [6.07, 6.45) is 4.38. The highest BCUT2D eigenvalue weighted by atomic mass is 35.5. The molecule has 11 heteroatoms. The molecule has 1 fully saturated rings. The van der Waals surface area contributed by atoms with Crippen molar-refractivity contribution in [2.24, 2.45) is 4.99 Å². The Morgan fingerprint density at radius 3 is 3.20 bits per heavy atom. The van der Waals surface area contributed by atoms with Crippen molar-refractivity contribution in [1.82, 2.24) is 19.5 Å². The summed E-state index contributed by atoms with van der Waals surface area (Å²) in [4.78, 5) is 16.7. The second-order valence-corrected chi connectivity index (χ2v) is 8.88. The fraction of sp³-hybridized carbons (Fsp3) is 0.368. The molecule has 3 aromatic rings. The molecule has 1 aliphatic rings. The molecule has 1 unspecified atom stereocenters. The maximum Gasteiger partial charge on any atom is 0.356 e. The van der Waals surface area contributed by atoms with E-state index in [0.29, 0.717) is 28.4 Å². The highest BCUT2D eigenvalue weighted by Gasteiger charge is 2.34. The van der Waals surface area contributed by atoms with Gasteiger partial charge in [-0.3, -0.25) is 9.09 Å². The van der Waals surface area contributed by atoms with Crippen molar-refractivity contribution < 1.29 is 19.7 Å². The lowest BCUT2D eigenvalue weighted by Gasteiger charge is -2.30. The van der Waals surface area contributed by atoms with Gasteiger partial charge in [0.15, 0.2) is 17.0 Å². The average molecular weight is 452 g/mol. The number of aromatic nitrogens is 4. The first-order chi connectivity index (χ1) is 15.0. The van der Waals surface area contributed by atoms with Gasteiger partial charge in [0.05, 0.1) is 27.0 Å². The number of aryl methyl sites for hydroxylation is 1. The third-order valence-electron chi connectivity index (χ3n) is 4.43. The van der Waals surface area contributed by atoms with Crippen LogP contribution < -0.4 is 0 Å². The minimum atomic E-state index is -3.51. The Morgan fingerprint density at radius 2 is 2.37 bits per heavy atom. The van der Waals surface area contributed by atoms with Gasteiger partial charge in [-0.05, 0) is 24.6 Å². The third kappa shape index (κ3) is 4.77. The minimum absolute atomic E-state index is 0.126. The Hall–Kier alpha value is -2.16. The maximum atomic E-state index is 13.0. The molecule has 0 amide bonds. The monoisotopic (exact) mass is 451 g/mol. The quantitative estimate of drug-likeness (QED) is 0.383. The molecule has 0 spiro atoms. The van der Waals surface area contributed by atoms with Gasteiger partial charge in [0, 0.05) is 24.2 Å². The predicted molar refractivity (Wildman–Crippen MR) is 113 cm³/mol. The van der Waals surface area contributed by atoms with Crippen LogP contribution >= 0.6 is 19.2 Å². The Kier molecular flexibility index (Phi) is 6.15. The lowest BCUT2D eigenvalue weighted by molar-refractivity contribution is 0.0563. The van der Waals surface area contributed by atoms with Crippen molar-refractivity contribution in [3.63, 3.8) is 0 Å². The molecule has 2 aromatic heterocycles. The molecule has 3 heterocycles. The number of aliphatic imine (C=N–C) groups is 1. The van der Waals surface area contributed by atoms with E-state index in [1.165, 1.54) is 6.33 Å². The lowest BCUT2D eigenvalue weighted by Crippen LogP contribution is -2.17. The molecule has 1 aromatic carbocycles.